The molecule has 0 radical (unpaired) electrons. The van der Waals surface area contributed by atoms with Gasteiger partial charge in [-0.2, -0.15) is 13.1 Å². The lowest BCUT2D eigenvalue weighted by Crippen LogP contribution is -2.27. The van der Waals surface area contributed by atoms with E-state index in [-0.39, 0.29) is 22.1 Å². The molecule has 9 nitrogen and oxygen atoms in total. The number of aromatic nitrogens is 3. The summed E-state index contributed by atoms with van der Waals surface area (Å²) in [5.74, 6) is -0.298. The van der Waals surface area contributed by atoms with Crippen LogP contribution in [0.5, 0.6) is 5.75 Å². The fraction of sp³-hybridized carbons (Fsp3) is 0.222. The number of nitrogens with zero attached hydrogens (tertiary/aromatic N) is 4. The average molecular weight is 586 g/mol. The third-order valence-corrected chi connectivity index (χ3v) is 8.98. The van der Waals surface area contributed by atoms with E-state index in [0.29, 0.717) is 35.3 Å². The second-order valence-electron chi connectivity index (χ2n) is 8.83. The summed E-state index contributed by atoms with van der Waals surface area (Å²) in [6.07, 6.45) is 1.67. The lowest BCUT2D eigenvalue weighted by Gasteiger charge is -2.16. The molecule has 0 unspecified atom stereocenters. The molecule has 4 aromatic rings. The SMILES string of the molecule is O=C(CSc1nnc(-c2cccc(S(=O)(=O)N3CCCC3)c2)n1-c1ccccc1)Nc1ccccc1OC(F)F. The molecule has 208 valence electrons. The first kappa shape index (κ1) is 27.7. The van der Waals surface area contributed by atoms with Crippen molar-refractivity contribution in [2.45, 2.75) is 29.5 Å². The monoisotopic (exact) mass is 585 g/mol. The van der Waals surface area contributed by atoms with Gasteiger partial charge in [0.2, 0.25) is 15.9 Å². The van der Waals surface area contributed by atoms with Gasteiger partial charge in [0.1, 0.15) is 5.75 Å². The quantitative estimate of drug-likeness (QED) is 0.260. The van der Waals surface area contributed by atoms with Gasteiger partial charge in [0, 0.05) is 24.3 Å². The maximum Gasteiger partial charge on any atom is 0.387 e. The molecule has 3 aromatic carbocycles. The van der Waals surface area contributed by atoms with Crippen LogP contribution in [0.2, 0.25) is 0 Å². The van der Waals surface area contributed by atoms with Crippen LogP contribution in [-0.2, 0) is 14.8 Å². The van der Waals surface area contributed by atoms with E-state index in [0.717, 1.165) is 24.6 Å². The molecule has 1 aliphatic rings. The average Bonchev–Trinajstić information content (AvgIpc) is 3.65. The molecule has 0 spiro atoms. The van der Waals surface area contributed by atoms with Crippen LogP contribution in [0.4, 0.5) is 14.5 Å². The Labute approximate surface area is 234 Å². The number of amides is 1. The Balaban J connectivity index is 1.41. The van der Waals surface area contributed by atoms with Gasteiger partial charge >= 0.3 is 6.61 Å². The Kier molecular flexibility index (Phi) is 8.43. The molecule has 1 amide bonds. The minimum atomic E-state index is -3.64. The van der Waals surface area contributed by atoms with Crippen molar-refractivity contribution in [3.63, 3.8) is 0 Å². The van der Waals surface area contributed by atoms with Crippen LogP contribution in [0.1, 0.15) is 12.8 Å². The van der Waals surface area contributed by atoms with Crippen LogP contribution in [0.25, 0.3) is 17.1 Å². The first-order valence-electron chi connectivity index (χ1n) is 12.4. The Hall–Kier alpha value is -3.81. The first-order chi connectivity index (χ1) is 19.3. The topological polar surface area (TPSA) is 106 Å². The van der Waals surface area contributed by atoms with Gasteiger partial charge in [-0.05, 0) is 49.2 Å². The van der Waals surface area contributed by atoms with Crippen molar-refractivity contribution >= 4 is 33.4 Å². The summed E-state index contributed by atoms with van der Waals surface area (Å²) in [5.41, 5.74) is 1.38. The summed E-state index contributed by atoms with van der Waals surface area (Å²) in [5, 5.41) is 11.6. The Morgan fingerprint density at radius 1 is 0.975 bits per heavy atom. The summed E-state index contributed by atoms with van der Waals surface area (Å²) in [6, 6.07) is 21.7. The van der Waals surface area contributed by atoms with Crippen molar-refractivity contribution in [1.29, 1.82) is 0 Å². The summed E-state index contributed by atoms with van der Waals surface area (Å²) in [4.78, 5) is 12.9. The molecule has 0 atom stereocenters. The summed E-state index contributed by atoms with van der Waals surface area (Å²) in [7, 11) is -3.64. The van der Waals surface area contributed by atoms with Crippen LogP contribution < -0.4 is 10.1 Å². The van der Waals surface area contributed by atoms with Crippen LogP contribution in [-0.4, -0.2) is 58.8 Å². The minimum absolute atomic E-state index is 0.0998. The third-order valence-electron chi connectivity index (χ3n) is 6.15. The van der Waals surface area contributed by atoms with E-state index in [1.54, 1.807) is 34.9 Å². The van der Waals surface area contributed by atoms with E-state index in [2.05, 4.69) is 20.3 Å². The number of halogens is 2. The predicted molar refractivity (Wildman–Crippen MR) is 147 cm³/mol. The highest BCUT2D eigenvalue weighted by molar-refractivity contribution is 7.99. The van der Waals surface area contributed by atoms with Crippen LogP contribution in [0.15, 0.2) is 88.9 Å². The van der Waals surface area contributed by atoms with Gasteiger partial charge in [-0.15, -0.1) is 10.2 Å². The lowest BCUT2D eigenvalue weighted by molar-refractivity contribution is -0.113. The van der Waals surface area contributed by atoms with Crippen molar-refractivity contribution in [2.75, 3.05) is 24.2 Å². The number of rotatable bonds is 10. The van der Waals surface area contributed by atoms with E-state index >= 15 is 0 Å². The van der Waals surface area contributed by atoms with E-state index in [1.807, 2.05) is 30.3 Å². The second-order valence-corrected chi connectivity index (χ2v) is 11.7. The number of para-hydroxylation sites is 3. The normalized spacial score (nSPS) is 14.0. The zero-order valence-corrected chi connectivity index (χ0v) is 22.7. The van der Waals surface area contributed by atoms with Crippen LogP contribution >= 0.6 is 11.8 Å². The molecule has 1 saturated heterocycles. The highest BCUT2D eigenvalue weighted by Crippen LogP contribution is 2.31. The van der Waals surface area contributed by atoms with E-state index in [4.69, 9.17) is 0 Å². The largest absolute Gasteiger partial charge is 0.433 e. The Bertz CT molecular complexity index is 1590. The van der Waals surface area contributed by atoms with Crippen molar-refractivity contribution in [2.24, 2.45) is 0 Å². The molecule has 1 fully saturated rings. The zero-order valence-electron chi connectivity index (χ0n) is 21.1. The number of carbonyl (C=O) groups is 1. The van der Waals surface area contributed by atoms with Crippen molar-refractivity contribution < 1.29 is 26.7 Å². The number of alkyl halides is 2. The fourth-order valence-corrected chi connectivity index (χ4v) is 6.63. The molecular weight excluding hydrogens is 560 g/mol. The molecule has 0 bridgehead atoms. The molecule has 40 heavy (non-hydrogen) atoms. The van der Waals surface area contributed by atoms with Gasteiger partial charge in [-0.1, -0.05) is 54.2 Å². The molecule has 0 aliphatic carbocycles. The lowest BCUT2D eigenvalue weighted by atomic mass is 10.2. The number of hydrogen-bond acceptors (Lipinski definition) is 7. The number of nitrogens with one attached hydrogen (secondary N) is 1. The maximum absolute atomic E-state index is 13.2. The molecule has 1 aliphatic heterocycles. The number of benzene rings is 3. The second kappa shape index (κ2) is 12.1. The summed E-state index contributed by atoms with van der Waals surface area (Å²) < 4.78 is 59.5. The molecule has 13 heteroatoms. The third kappa shape index (κ3) is 6.16. The van der Waals surface area contributed by atoms with Crippen molar-refractivity contribution in [3.05, 3.63) is 78.9 Å². The number of ether oxygens (including phenoxy) is 1. The molecule has 1 N–H and O–H groups in total. The van der Waals surface area contributed by atoms with Gasteiger partial charge in [0.05, 0.1) is 16.3 Å². The predicted octanol–water partition coefficient (Wildman–Crippen LogP) is 5.05. The molecule has 5 rings (SSSR count). The van der Waals surface area contributed by atoms with E-state index in [9.17, 15) is 22.0 Å². The highest BCUT2D eigenvalue weighted by Gasteiger charge is 2.28. The molecule has 2 heterocycles. The fourth-order valence-electron chi connectivity index (χ4n) is 4.32. The smallest absolute Gasteiger partial charge is 0.387 e. The van der Waals surface area contributed by atoms with Crippen LogP contribution in [0.3, 0.4) is 0 Å². The van der Waals surface area contributed by atoms with Crippen molar-refractivity contribution in [1.82, 2.24) is 19.1 Å². The Morgan fingerprint density at radius 3 is 2.45 bits per heavy atom. The molecule has 0 saturated carbocycles. The van der Waals surface area contributed by atoms with Gasteiger partial charge in [0.25, 0.3) is 0 Å². The minimum Gasteiger partial charge on any atom is -0.433 e. The van der Waals surface area contributed by atoms with Crippen LogP contribution in [0, 0.1) is 0 Å². The summed E-state index contributed by atoms with van der Waals surface area (Å²) in [6.45, 7) is -2.04. The molecular formula is C27H25F2N5O4S2. The number of sulfonamides is 1. The maximum atomic E-state index is 13.2. The highest BCUT2D eigenvalue weighted by atomic mass is 32.2. The number of carbonyl (C=O) groups excluding carboxylic acids is 1. The Morgan fingerprint density at radius 2 is 1.70 bits per heavy atom. The number of anilines is 1. The van der Waals surface area contributed by atoms with Crippen molar-refractivity contribution in [3.8, 4) is 22.8 Å². The van der Waals surface area contributed by atoms with Gasteiger partial charge < -0.3 is 10.1 Å². The molecule has 1 aromatic heterocycles. The summed E-state index contributed by atoms with van der Waals surface area (Å²) >= 11 is 1.10. The zero-order chi connectivity index (χ0) is 28.1. The van der Waals surface area contributed by atoms with Gasteiger partial charge in [0.15, 0.2) is 11.0 Å². The number of thioether (sulfide) groups is 1. The van der Waals surface area contributed by atoms with E-state index < -0.39 is 22.5 Å². The van der Waals surface area contributed by atoms with Gasteiger partial charge in [-0.25, -0.2) is 8.42 Å². The number of hydrogen-bond donors (Lipinski definition) is 1. The first-order valence-corrected chi connectivity index (χ1v) is 14.8. The van der Waals surface area contributed by atoms with Gasteiger partial charge in [-0.3, -0.25) is 9.36 Å². The van der Waals surface area contributed by atoms with E-state index in [1.165, 1.54) is 22.5 Å². The standard InChI is InChI=1S/C27H25F2N5O4S2/c28-26(29)38-23-14-5-4-13-22(23)30-24(35)18-39-27-32-31-25(34(27)20-10-2-1-3-11-20)19-9-8-12-21(17-19)40(36,37)33-15-6-7-16-33/h1-5,8-14,17,26H,6-7,15-16,18H2,(H,30,35).